The van der Waals surface area contributed by atoms with Crippen LogP contribution in [0.4, 0.5) is 4.39 Å². The lowest BCUT2D eigenvalue weighted by Gasteiger charge is -2.17. The number of hydrogen-bond acceptors (Lipinski definition) is 4. The minimum Gasteiger partial charge on any atom is -0.365 e. The molecule has 1 aromatic rings. The molecule has 0 fully saturated rings. The van der Waals surface area contributed by atoms with Gasteiger partial charge >= 0.3 is 0 Å². The molecule has 1 unspecified atom stereocenters. The van der Waals surface area contributed by atoms with Crippen LogP contribution in [0, 0.1) is 0 Å². The molecule has 2 aliphatic heterocycles. The number of nitrogens with one attached hydrogen (secondary N) is 2. The predicted molar refractivity (Wildman–Crippen MR) is 80.4 cm³/mol. The summed E-state index contributed by atoms with van der Waals surface area (Å²) in [6.07, 6.45) is 5.47. The molecule has 0 bridgehead atoms. The van der Waals surface area contributed by atoms with Crippen molar-refractivity contribution in [3.63, 3.8) is 0 Å². The lowest BCUT2D eigenvalue weighted by molar-refractivity contribution is 0.559. The smallest absolute Gasteiger partial charge is 0.195 e. The largest absolute Gasteiger partial charge is 0.365 e. The van der Waals surface area contributed by atoms with Crippen LogP contribution < -0.4 is 26.9 Å². The van der Waals surface area contributed by atoms with E-state index in [1.165, 1.54) is 0 Å². The van der Waals surface area contributed by atoms with E-state index in [9.17, 15) is 4.39 Å². The van der Waals surface area contributed by atoms with E-state index in [-0.39, 0.29) is 12.1 Å². The summed E-state index contributed by atoms with van der Waals surface area (Å²) in [7, 11) is 0. The van der Waals surface area contributed by atoms with E-state index in [0.29, 0.717) is 12.1 Å². The number of nitrogens with zero attached hydrogens (tertiary/aromatic N) is 2. The van der Waals surface area contributed by atoms with Crippen molar-refractivity contribution in [2.75, 3.05) is 6.54 Å². The molecule has 1 atom stereocenters. The summed E-state index contributed by atoms with van der Waals surface area (Å²) in [4.78, 5) is 0. The number of allylic oxidation sites excluding steroid dienone is 2. The molecule has 2 aliphatic rings. The lowest BCUT2D eigenvalue weighted by Crippen LogP contribution is -2.37. The van der Waals surface area contributed by atoms with Crippen molar-refractivity contribution in [1.82, 2.24) is 10.6 Å². The van der Waals surface area contributed by atoms with Crippen LogP contribution in [0.1, 0.15) is 12.5 Å². The maximum Gasteiger partial charge on any atom is 0.195 e. The summed E-state index contributed by atoms with van der Waals surface area (Å²) in [5.74, 6) is 4.77. The second-order valence-electron chi connectivity index (χ2n) is 4.95. The zero-order valence-corrected chi connectivity index (χ0v) is 11.6. The average molecular weight is 285 g/mol. The molecule has 5 nitrogen and oxygen atoms in total. The average Bonchev–Trinajstić information content (AvgIpc) is 2.47. The van der Waals surface area contributed by atoms with Gasteiger partial charge in [-0.1, -0.05) is 23.4 Å². The van der Waals surface area contributed by atoms with Crippen molar-refractivity contribution in [1.29, 1.82) is 0 Å². The maximum absolute atomic E-state index is 14.0. The maximum atomic E-state index is 14.0. The second kappa shape index (κ2) is 5.40. The molecule has 0 radical (unpaired) electrons. The highest BCUT2D eigenvalue weighted by Gasteiger charge is 2.15. The van der Waals surface area contributed by atoms with Crippen LogP contribution in [0.15, 0.2) is 46.1 Å². The Bertz CT molecular complexity index is 776. The molecule has 0 aromatic heterocycles. The normalized spacial score (nSPS) is 20.9. The summed E-state index contributed by atoms with van der Waals surface area (Å²) in [5.41, 5.74) is 2.40. The highest BCUT2D eigenvalue weighted by Crippen LogP contribution is 2.27. The monoisotopic (exact) mass is 285 g/mol. The Kier molecular flexibility index (Phi) is 3.43. The summed E-state index contributed by atoms with van der Waals surface area (Å²) in [6.45, 7) is 2.44. The van der Waals surface area contributed by atoms with E-state index in [0.717, 1.165) is 21.6 Å². The second-order valence-corrected chi connectivity index (χ2v) is 4.95. The molecule has 0 amide bonds. The van der Waals surface area contributed by atoms with Crippen molar-refractivity contribution in [3.8, 4) is 0 Å². The molecule has 1 aromatic carbocycles. The van der Waals surface area contributed by atoms with Gasteiger partial charge in [-0.15, -0.1) is 5.11 Å². The molecular formula is C15H16FN5. The van der Waals surface area contributed by atoms with Gasteiger partial charge in [-0.05, 0) is 40.6 Å². The van der Waals surface area contributed by atoms with Gasteiger partial charge in [-0.25, -0.2) is 0 Å². The molecule has 4 N–H and O–H groups in total. The molecule has 0 saturated heterocycles. The van der Waals surface area contributed by atoms with E-state index >= 15 is 0 Å². The molecular weight excluding hydrogens is 269 g/mol. The van der Waals surface area contributed by atoms with Crippen LogP contribution in [0.2, 0.25) is 0 Å². The SMILES string of the molecule is CC1=CCNC(F)=C1c1ccc2c(c1)=CNC(N=NN)C=2. The van der Waals surface area contributed by atoms with Crippen molar-refractivity contribution < 1.29 is 4.39 Å². The molecule has 0 spiro atoms. The van der Waals surface area contributed by atoms with Crippen LogP contribution >= 0.6 is 0 Å². The van der Waals surface area contributed by atoms with Gasteiger partial charge in [0.2, 0.25) is 0 Å². The number of fused-ring (bicyclic) bond motifs is 1. The number of benzene rings is 1. The van der Waals surface area contributed by atoms with Crippen molar-refractivity contribution in [2.45, 2.75) is 13.1 Å². The Morgan fingerprint density at radius 1 is 1.33 bits per heavy atom. The fourth-order valence-corrected chi connectivity index (χ4v) is 2.55. The van der Waals surface area contributed by atoms with Gasteiger partial charge in [0.1, 0.15) is 0 Å². The van der Waals surface area contributed by atoms with Gasteiger partial charge < -0.3 is 16.5 Å². The predicted octanol–water partition coefficient (Wildman–Crippen LogP) is 0.648. The molecule has 21 heavy (non-hydrogen) atoms. The Balaban J connectivity index is 2.07. The first-order valence-corrected chi connectivity index (χ1v) is 6.68. The number of hydrogen-bond donors (Lipinski definition) is 3. The minimum atomic E-state index is -0.280. The van der Waals surface area contributed by atoms with Crippen LogP contribution in [0.3, 0.4) is 0 Å². The van der Waals surface area contributed by atoms with E-state index in [4.69, 9.17) is 5.84 Å². The first kappa shape index (κ1) is 13.4. The lowest BCUT2D eigenvalue weighted by atomic mass is 9.96. The van der Waals surface area contributed by atoms with Gasteiger partial charge in [-0.3, -0.25) is 0 Å². The first-order chi connectivity index (χ1) is 10.2. The number of halogens is 1. The zero-order chi connectivity index (χ0) is 14.8. The Morgan fingerprint density at radius 2 is 2.19 bits per heavy atom. The third-order valence-corrected chi connectivity index (χ3v) is 3.59. The summed E-state index contributed by atoms with van der Waals surface area (Å²) < 4.78 is 14.0. The molecule has 0 aliphatic carbocycles. The fraction of sp³-hybridized carbons (Fsp3) is 0.200. The highest BCUT2D eigenvalue weighted by molar-refractivity contribution is 5.80. The molecule has 3 rings (SSSR count). The van der Waals surface area contributed by atoms with Crippen LogP contribution in [-0.2, 0) is 0 Å². The van der Waals surface area contributed by atoms with Crippen molar-refractivity contribution in [3.05, 3.63) is 51.8 Å². The van der Waals surface area contributed by atoms with E-state index < -0.39 is 0 Å². The third kappa shape index (κ3) is 2.52. The van der Waals surface area contributed by atoms with Crippen LogP contribution in [0.25, 0.3) is 17.8 Å². The standard InChI is InChI=1S/C15H16FN5/c1-9-4-5-18-15(16)14(9)11-3-2-10-7-13(20-21-17)19-8-12(10)6-11/h2-4,6-8,13,18-19H,5H2,1H3,(H2,17,20). The summed E-state index contributed by atoms with van der Waals surface area (Å²) in [5, 5.41) is 14.9. The van der Waals surface area contributed by atoms with Crippen LogP contribution in [0.5, 0.6) is 0 Å². The Hall–Kier alpha value is -2.63. The quantitative estimate of drug-likeness (QED) is 0.323. The van der Waals surface area contributed by atoms with Gasteiger partial charge in [0, 0.05) is 18.3 Å². The molecule has 108 valence electrons. The highest BCUT2D eigenvalue weighted by atomic mass is 19.1. The Morgan fingerprint density at radius 3 is 2.95 bits per heavy atom. The molecule has 6 heteroatoms. The fourth-order valence-electron chi connectivity index (χ4n) is 2.55. The van der Waals surface area contributed by atoms with E-state index in [1.54, 1.807) is 0 Å². The van der Waals surface area contributed by atoms with Gasteiger partial charge in [-0.2, -0.15) is 4.39 Å². The van der Waals surface area contributed by atoms with Gasteiger partial charge in [0.05, 0.1) is 0 Å². The van der Waals surface area contributed by atoms with Gasteiger partial charge in [0.15, 0.2) is 12.1 Å². The molecule has 2 heterocycles. The first-order valence-electron chi connectivity index (χ1n) is 6.68. The zero-order valence-electron chi connectivity index (χ0n) is 11.6. The van der Waals surface area contributed by atoms with Crippen molar-refractivity contribution >= 4 is 17.8 Å². The van der Waals surface area contributed by atoms with E-state index in [1.807, 2.05) is 43.5 Å². The van der Waals surface area contributed by atoms with Crippen LogP contribution in [-0.4, -0.2) is 12.7 Å². The number of rotatable bonds is 2. The number of dihydropyridines is 1. The third-order valence-electron chi connectivity index (χ3n) is 3.59. The van der Waals surface area contributed by atoms with E-state index in [2.05, 4.69) is 21.0 Å². The minimum absolute atomic E-state index is 0.262. The van der Waals surface area contributed by atoms with Crippen molar-refractivity contribution in [2.24, 2.45) is 16.2 Å². The Labute approximate surface area is 121 Å². The summed E-state index contributed by atoms with van der Waals surface area (Å²) in [6, 6.07) is 5.81. The van der Waals surface area contributed by atoms with Gasteiger partial charge in [0.25, 0.3) is 0 Å². The molecule has 0 saturated carbocycles. The summed E-state index contributed by atoms with van der Waals surface area (Å²) >= 11 is 0. The topological polar surface area (TPSA) is 74.8 Å². The number of nitrogens with two attached hydrogens (primary N) is 1.